The number of amides is 1. The van der Waals surface area contributed by atoms with E-state index in [1.165, 1.54) is 0 Å². The van der Waals surface area contributed by atoms with Crippen LogP contribution in [0.15, 0.2) is 77.6 Å². The van der Waals surface area contributed by atoms with Crippen LogP contribution in [0.4, 0.5) is 0 Å². The van der Waals surface area contributed by atoms with Gasteiger partial charge in [-0.25, -0.2) is 4.98 Å². The number of hydrogen-bond donors (Lipinski definition) is 1. The van der Waals surface area contributed by atoms with E-state index < -0.39 is 6.04 Å². The normalized spacial score (nSPS) is 15.3. The van der Waals surface area contributed by atoms with Gasteiger partial charge in [0, 0.05) is 5.02 Å². The smallest absolute Gasteiger partial charge is 0.266 e. The number of rotatable bonds is 2. The van der Waals surface area contributed by atoms with Crippen molar-refractivity contribution in [1.29, 1.82) is 0 Å². The summed E-state index contributed by atoms with van der Waals surface area (Å²) in [6, 6.07) is 21.5. The molecule has 1 amide bonds. The Kier molecular flexibility index (Phi) is 4.18. The van der Waals surface area contributed by atoms with Crippen LogP contribution in [0.25, 0.3) is 16.6 Å². The number of halogens is 1. The minimum absolute atomic E-state index is 0.228. The van der Waals surface area contributed by atoms with E-state index in [0.717, 1.165) is 5.56 Å². The van der Waals surface area contributed by atoms with Gasteiger partial charge in [0.2, 0.25) is 0 Å². The van der Waals surface area contributed by atoms with Gasteiger partial charge in [0.15, 0.2) is 0 Å². The predicted octanol–water partition coefficient (Wildman–Crippen LogP) is 4.07. The highest BCUT2D eigenvalue weighted by atomic mass is 35.5. The van der Waals surface area contributed by atoms with Crippen molar-refractivity contribution in [3.05, 3.63) is 105 Å². The zero-order valence-corrected chi connectivity index (χ0v) is 16.1. The molecule has 0 saturated carbocycles. The summed E-state index contributed by atoms with van der Waals surface area (Å²) in [5.41, 5.74) is 2.32. The van der Waals surface area contributed by atoms with Crippen molar-refractivity contribution in [3.8, 4) is 5.69 Å². The van der Waals surface area contributed by atoms with E-state index in [-0.39, 0.29) is 11.5 Å². The number of fused-ring (bicyclic) bond motifs is 4. The van der Waals surface area contributed by atoms with Crippen LogP contribution < -0.4 is 10.9 Å². The van der Waals surface area contributed by atoms with Crippen LogP contribution in [0, 0.1) is 0 Å². The molecule has 3 aromatic carbocycles. The molecule has 0 saturated heterocycles. The molecule has 1 atom stereocenters. The Bertz CT molecular complexity index is 1320. The van der Waals surface area contributed by atoms with Crippen LogP contribution >= 0.6 is 11.6 Å². The third-order valence-electron chi connectivity index (χ3n) is 5.15. The van der Waals surface area contributed by atoms with Gasteiger partial charge in [0.25, 0.3) is 11.5 Å². The summed E-state index contributed by atoms with van der Waals surface area (Å²) in [5, 5.41) is 3.94. The molecule has 142 valence electrons. The fourth-order valence-corrected chi connectivity index (χ4v) is 3.97. The lowest BCUT2D eigenvalue weighted by atomic mass is 10.0. The van der Waals surface area contributed by atoms with Crippen LogP contribution in [-0.2, 0) is 6.42 Å². The summed E-state index contributed by atoms with van der Waals surface area (Å²) in [4.78, 5) is 31.2. The fourth-order valence-electron chi connectivity index (χ4n) is 3.79. The van der Waals surface area contributed by atoms with Crippen LogP contribution in [0.3, 0.4) is 0 Å². The quantitative estimate of drug-likeness (QED) is 0.550. The van der Waals surface area contributed by atoms with Crippen LogP contribution in [0.2, 0.25) is 5.02 Å². The number of nitrogens with zero attached hydrogens (tertiary/aromatic N) is 2. The van der Waals surface area contributed by atoms with E-state index in [2.05, 4.69) is 5.32 Å². The summed E-state index contributed by atoms with van der Waals surface area (Å²) in [7, 11) is 0. The van der Waals surface area contributed by atoms with E-state index in [0.29, 0.717) is 39.4 Å². The maximum Gasteiger partial charge on any atom is 0.266 e. The number of hydrogen-bond acceptors (Lipinski definition) is 3. The number of para-hydroxylation sites is 1. The molecule has 6 heteroatoms. The highest BCUT2D eigenvalue weighted by molar-refractivity contribution is 6.31. The van der Waals surface area contributed by atoms with Gasteiger partial charge in [-0.3, -0.25) is 14.2 Å². The molecule has 4 aromatic rings. The molecule has 0 aliphatic carbocycles. The molecule has 1 aliphatic heterocycles. The van der Waals surface area contributed by atoms with Gasteiger partial charge in [0.05, 0.1) is 28.2 Å². The van der Waals surface area contributed by atoms with Crippen molar-refractivity contribution < 1.29 is 4.79 Å². The Morgan fingerprint density at radius 2 is 1.72 bits per heavy atom. The van der Waals surface area contributed by atoms with Crippen molar-refractivity contribution in [2.24, 2.45) is 0 Å². The molecule has 1 unspecified atom stereocenters. The molecule has 0 fully saturated rings. The summed E-state index contributed by atoms with van der Waals surface area (Å²) in [5.74, 6) is 0.278. The summed E-state index contributed by atoms with van der Waals surface area (Å²) in [6.45, 7) is 0. The first-order valence-electron chi connectivity index (χ1n) is 9.28. The third kappa shape index (κ3) is 3.00. The highest BCUT2D eigenvalue weighted by Crippen LogP contribution is 2.27. The predicted molar refractivity (Wildman–Crippen MR) is 113 cm³/mol. The average Bonchev–Trinajstić information content (AvgIpc) is 2.85. The number of carbonyl (C=O) groups excluding carboxylic acids is 1. The molecule has 5 nitrogen and oxygen atoms in total. The molecular weight excluding hydrogens is 386 g/mol. The van der Waals surface area contributed by atoms with E-state index in [4.69, 9.17) is 16.6 Å². The lowest BCUT2D eigenvalue weighted by Crippen LogP contribution is -2.31. The molecule has 1 aromatic heterocycles. The molecular formula is C23H16ClN3O2. The van der Waals surface area contributed by atoms with Crippen LogP contribution in [0.1, 0.15) is 27.8 Å². The first kappa shape index (κ1) is 17.6. The van der Waals surface area contributed by atoms with Gasteiger partial charge >= 0.3 is 0 Å². The largest absolute Gasteiger partial charge is 0.342 e. The highest BCUT2D eigenvalue weighted by Gasteiger charge is 2.29. The molecule has 1 N–H and O–H groups in total. The lowest BCUT2D eigenvalue weighted by molar-refractivity contribution is 0.0938. The summed E-state index contributed by atoms with van der Waals surface area (Å²) < 4.78 is 1.54. The summed E-state index contributed by atoms with van der Waals surface area (Å²) >= 11 is 6.12. The first-order chi connectivity index (χ1) is 14.1. The van der Waals surface area contributed by atoms with Crippen molar-refractivity contribution >= 4 is 28.4 Å². The second-order valence-corrected chi connectivity index (χ2v) is 7.44. The maximum atomic E-state index is 13.5. The first-order valence-corrected chi connectivity index (χ1v) is 9.66. The van der Waals surface area contributed by atoms with Crippen LogP contribution in [0.5, 0.6) is 0 Å². The Morgan fingerprint density at radius 3 is 2.55 bits per heavy atom. The summed E-state index contributed by atoms with van der Waals surface area (Å²) in [6.07, 6.45) is 0.520. The van der Waals surface area contributed by atoms with Gasteiger partial charge in [-0.2, -0.15) is 0 Å². The Labute approximate surface area is 171 Å². The topological polar surface area (TPSA) is 64.0 Å². The SMILES string of the molecule is O=C1NC(Cc2ccccc2)c2nc3ccc(Cl)cc3c(=O)n2-c2ccccc21. The van der Waals surface area contributed by atoms with Gasteiger partial charge in [-0.05, 0) is 42.3 Å². The molecule has 0 radical (unpaired) electrons. The monoisotopic (exact) mass is 401 g/mol. The lowest BCUT2D eigenvalue weighted by Gasteiger charge is -2.19. The number of benzene rings is 3. The molecule has 0 bridgehead atoms. The van der Waals surface area contributed by atoms with Gasteiger partial charge in [0.1, 0.15) is 5.82 Å². The zero-order valence-electron chi connectivity index (χ0n) is 15.3. The molecule has 5 rings (SSSR count). The Morgan fingerprint density at radius 1 is 0.966 bits per heavy atom. The minimum Gasteiger partial charge on any atom is -0.342 e. The third-order valence-corrected chi connectivity index (χ3v) is 5.38. The molecule has 29 heavy (non-hydrogen) atoms. The van der Waals surface area contributed by atoms with Crippen LogP contribution in [-0.4, -0.2) is 15.5 Å². The second kappa shape index (κ2) is 6.87. The maximum absolute atomic E-state index is 13.5. The van der Waals surface area contributed by atoms with E-state index in [9.17, 15) is 9.59 Å². The number of aromatic nitrogens is 2. The molecule has 2 heterocycles. The number of nitrogens with one attached hydrogen (secondary N) is 1. The average molecular weight is 402 g/mol. The van der Waals surface area contributed by atoms with Crippen molar-refractivity contribution in [2.75, 3.05) is 0 Å². The standard InChI is InChI=1S/C23H16ClN3O2/c24-15-10-11-18-17(13-15)23(29)27-20-9-5-4-8-16(20)22(28)26-19(21(27)25-18)12-14-6-2-1-3-7-14/h1-11,13,19H,12H2,(H,26,28). The fraction of sp³-hybridized carbons (Fsp3) is 0.0870. The molecule has 1 aliphatic rings. The minimum atomic E-state index is -0.454. The molecule has 0 spiro atoms. The zero-order chi connectivity index (χ0) is 20.0. The Hall–Kier alpha value is -3.44. The van der Waals surface area contributed by atoms with E-state index in [1.807, 2.05) is 36.4 Å². The van der Waals surface area contributed by atoms with Gasteiger partial charge in [-0.15, -0.1) is 0 Å². The Balaban J connectivity index is 1.81. The number of carbonyl (C=O) groups is 1. The van der Waals surface area contributed by atoms with Gasteiger partial charge in [-0.1, -0.05) is 54.1 Å². The van der Waals surface area contributed by atoms with Crippen molar-refractivity contribution in [2.45, 2.75) is 12.5 Å². The van der Waals surface area contributed by atoms with Crippen molar-refractivity contribution in [1.82, 2.24) is 14.9 Å². The van der Waals surface area contributed by atoms with Gasteiger partial charge < -0.3 is 5.32 Å². The second-order valence-electron chi connectivity index (χ2n) is 7.00. The van der Waals surface area contributed by atoms with E-state index in [1.54, 1.807) is 41.0 Å². The van der Waals surface area contributed by atoms with Crippen molar-refractivity contribution in [3.63, 3.8) is 0 Å². The van der Waals surface area contributed by atoms with E-state index >= 15 is 0 Å².